The molecule has 1 aromatic heterocycles. The molecular weight excluding hydrogens is 449 g/mol. The van der Waals surface area contributed by atoms with Gasteiger partial charge in [0.05, 0.1) is 18.7 Å². The summed E-state index contributed by atoms with van der Waals surface area (Å²) in [5, 5.41) is 12.1. The van der Waals surface area contributed by atoms with Crippen molar-refractivity contribution in [3.05, 3.63) is 48.7 Å². The second kappa shape index (κ2) is 9.34. The van der Waals surface area contributed by atoms with Crippen LogP contribution in [0.15, 0.2) is 43.1 Å². The summed E-state index contributed by atoms with van der Waals surface area (Å²) in [4.78, 5) is 6.86. The fraction of sp³-hybridized carbons (Fsp3) is 0.476. The van der Waals surface area contributed by atoms with Gasteiger partial charge in [-0.15, -0.1) is 6.58 Å². The van der Waals surface area contributed by atoms with Crippen molar-refractivity contribution in [2.24, 2.45) is 11.8 Å². The number of nitrogens with zero attached hydrogens (tertiary/aromatic N) is 2. The van der Waals surface area contributed by atoms with Crippen LogP contribution < -0.4 is 4.74 Å². The van der Waals surface area contributed by atoms with Gasteiger partial charge in [0.1, 0.15) is 5.75 Å². The first-order valence-corrected chi connectivity index (χ1v) is 11.4. The van der Waals surface area contributed by atoms with Gasteiger partial charge in [-0.05, 0) is 61.1 Å². The maximum absolute atomic E-state index is 11.2. The number of hydrogen-bond acceptors (Lipinski definition) is 6. The molecule has 0 spiro atoms. The molecule has 5 rings (SSSR count). The zero-order valence-corrected chi connectivity index (χ0v) is 18.2. The van der Waals surface area contributed by atoms with Crippen LogP contribution in [0.4, 0.5) is 13.2 Å². The molecule has 0 unspecified atom stereocenters. The highest BCUT2D eigenvalue weighted by atomic mass is 32.2. The topological polar surface area (TPSA) is 100.0 Å². The van der Waals surface area contributed by atoms with Crippen LogP contribution in [-0.2, 0) is 10.1 Å². The predicted molar refractivity (Wildman–Crippen MR) is 113 cm³/mol. The molecule has 0 amide bonds. The third kappa shape index (κ3) is 5.06. The zero-order valence-electron chi connectivity index (χ0n) is 17.4. The molecule has 3 saturated heterocycles. The van der Waals surface area contributed by atoms with E-state index in [-0.39, 0.29) is 6.04 Å². The number of fused-ring (bicyclic) bond motifs is 4. The van der Waals surface area contributed by atoms with Gasteiger partial charge in [0, 0.05) is 24.2 Å². The number of aliphatic hydroxyl groups is 1. The number of methoxy groups -OCH3 is 1. The standard InChI is InChI=1S/C20H24N2O2.CHF3O3S/c1-3-13-12-22-9-7-14(13)10-19(22)20(23)16-6-8-21-18-5-4-15(24-2)11-17(16)18;2-1(3,4)8(5,6)7/h3-6,8,11,13-14,19-20,23H,1,7,9-10,12H2,2H3;(H,5,6,7)/t13-,14-,19-,20+;/m0./s1. The van der Waals surface area contributed by atoms with Crippen LogP contribution in [0.25, 0.3) is 10.9 Å². The minimum Gasteiger partial charge on any atom is -0.497 e. The molecule has 32 heavy (non-hydrogen) atoms. The quantitative estimate of drug-likeness (QED) is 0.397. The van der Waals surface area contributed by atoms with E-state index in [0.717, 1.165) is 41.7 Å². The first-order valence-electron chi connectivity index (χ1n) is 9.97. The van der Waals surface area contributed by atoms with Crippen molar-refractivity contribution in [1.82, 2.24) is 9.88 Å². The van der Waals surface area contributed by atoms with Gasteiger partial charge in [-0.25, -0.2) is 0 Å². The molecule has 7 nitrogen and oxygen atoms in total. The van der Waals surface area contributed by atoms with Crippen molar-refractivity contribution in [1.29, 1.82) is 0 Å². The van der Waals surface area contributed by atoms with Gasteiger partial charge in [0.15, 0.2) is 0 Å². The summed E-state index contributed by atoms with van der Waals surface area (Å²) >= 11 is 0. The molecule has 2 bridgehead atoms. The summed E-state index contributed by atoms with van der Waals surface area (Å²) in [7, 11) is -4.18. The van der Waals surface area contributed by atoms with E-state index in [1.54, 1.807) is 13.3 Å². The Hall–Kier alpha value is -2.21. The van der Waals surface area contributed by atoms with Crippen LogP contribution in [0.1, 0.15) is 24.5 Å². The number of alkyl halides is 3. The van der Waals surface area contributed by atoms with E-state index in [1.807, 2.05) is 24.3 Å². The molecule has 2 aromatic rings. The molecule has 3 aliphatic heterocycles. The lowest BCUT2D eigenvalue weighted by molar-refractivity contribution is -0.0510. The molecule has 1 aromatic carbocycles. The Balaban J connectivity index is 0.000000312. The molecule has 4 heterocycles. The van der Waals surface area contributed by atoms with E-state index in [2.05, 4.69) is 22.5 Å². The van der Waals surface area contributed by atoms with Gasteiger partial charge in [-0.2, -0.15) is 21.6 Å². The third-order valence-corrected chi connectivity index (χ3v) is 6.70. The van der Waals surface area contributed by atoms with Crippen LogP contribution in [0, 0.1) is 11.8 Å². The van der Waals surface area contributed by atoms with E-state index < -0.39 is 21.7 Å². The van der Waals surface area contributed by atoms with Crippen molar-refractivity contribution in [2.45, 2.75) is 30.5 Å². The van der Waals surface area contributed by atoms with E-state index >= 15 is 0 Å². The van der Waals surface area contributed by atoms with Crippen LogP contribution >= 0.6 is 0 Å². The number of piperidine rings is 3. The monoisotopic (exact) mass is 474 g/mol. The van der Waals surface area contributed by atoms with Crippen LogP contribution in [0.2, 0.25) is 0 Å². The molecule has 2 N–H and O–H groups in total. The molecular formula is C21H25F3N2O5S. The summed E-state index contributed by atoms with van der Waals surface area (Å²) in [5.74, 6) is 2.01. The predicted octanol–water partition coefficient (Wildman–Crippen LogP) is 3.57. The fourth-order valence-corrected chi connectivity index (χ4v) is 4.44. The molecule has 0 aliphatic carbocycles. The number of aliphatic hydroxyl groups excluding tert-OH is 1. The van der Waals surface area contributed by atoms with Gasteiger partial charge in [-0.1, -0.05) is 6.08 Å². The number of hydrogen-bond donors (Lipinski definition) is 2. The summed E-state index contributed by atoms with van der Waals surface area (Å²) in [6.07, 6.45) is 5.62. The number of pyridine rings is 1. The molecule has 176 valence electrons. The van der Waals surface area contributed by atoms with Crippen molar-refractivity contribution in [3.63, 3.8) is 0 Å². The van der Waals surface area contributed by atoms with E-state index in [9.17, 15) is 18.3 Å². The Kier molecular flexibility index (Phi) is 7.13. The summed E-state index contributed by atoms with van der Waals surface area (Å²) in [6, 6.07) is 7.96. The van der Waals surface area contributed by atoms with Crippen molar-refractivity contribution in [3.8, 4) is 5.75 Å². The second-order valence-electron chi connectivity index (χ2n) is 7.90. The number of aromatic nitrogens is 1. The normalized spacial score (nSPS) is 26.2. The number of ether oxygens (including phenoxy) is 1. The van der Waals surface area contributed by atoms with E-state index in [1.165, 1.54) is 6.42 Å². The average molecular weight is 475 g/mol. The molecule has 0 radical (unpaired) electrons. The lowest BCUT2D eigenvalue weighted by atomic mass is 9.73. The Bertz CT molecular complexity index is 1080. The zero-order chi connectivity index (χ0) is 23.7. The Morgan fingerprint density at radius 1 is 1.34 bits per heavy atom. The summed E-state index contributed by atoms with van der Waals surface area (Å²) < 4.78 is 62.9. The Labute approximate surface area is 184 Å². The number of halogens is 3. The minimum absolute atomic E-state index is 0.178. The highest BCUT2D eigenvalue weighted by Gasteiger charge is 2.44. The Morgan fingerprint density at radius 3 is 2.56 bits per heavy atom. The lowest BCUT2D eigenvalue weighted by Crippen LogP contribution is -2.54. The van der Waals surface area contributed by atoms with Gasteiger partial charge in [0.2, 0.25) is 0 Å². The fourth-order valence-electron chi connectivity index (χ4n) is 4.44. The van der Waals surface area contributed by atoms with Gasteiger partial charge >= 0.3 is 15.6 Å². The first kappa shape index (κ1) is 24.4. The minimum atomic E-state index is -5.84. The van der Waals surface area contributed by atoms with Crippen molar-refractivity contribution >= 4 is 21.0 Å². The highest BCUT2D eigenvalue weighted by molar-refractivity contribution is 7.86. The highest BCUT2D eigenvalue weighted by Crippen LogP contribution is 2.42. The van der Waals surface area contributed by atoms with E-state index in [0.29, 0.717) is 11.8 Å². The second-order valence-corrected chi connectivity index (χ2v) is 9.31. The maximum Gasteiger partial charge on any atom is 0.522 e. The number of rotatable bonds is 4. The third-order valence-electron chi connectivity index (χ3n) is 6.11. The molecule has 11 heteroatoms. The SMILES string of the molecule is C=C[C@H]1C[N@]2CC[C@H]1C[C@H]2[C@H](O)c1ccnc2ccc(OC)cc12.O=S(=O)(O)C(F)(F)F. The van der Waals surface area contributed by atoms with Crippen molar-refractivity contribution in [2.75, 3.05) is 20.2 Å². The van der Waals surface area contributed by atoms with Gasteiger partial charge < -0.3 is 9.84 Å². The molecule has 3 fully saturated rings. The molecule has 0 saturated carbocycles. The van der Waals surface area contributed by atoms with E-state index in [4.69, 9.17) is 17.7 Å². The summed E-state index contributed by atoms with van der Waals surface area (Å²) in [5.41, 5.74) is -3.69. The molecule has 5 atom stereocenters. The smallest absolute Gasteiger partial charge is 0.497 e. The number of benzene rings is 1. The van der Waals surface area contributed by atoms with Gasteiger partial charge in [-0.3, -0.25) is 14.4 Å². The van der Waals surface area contributed by atoms with Crippen LogP contribution in [0.5, 0.6) is 5.75 Å². The van der Waals surface area contributed by atoms with Crippen LogP contribution in [-0.4, -0.2) is 59.7 Å². The summed E-state index contributed by atoms with van der Waals surface area (Å²) in [6.45, 7) is 6.07. The Morgan fingerprint density at radius 2 is 2.03 bits per heavy atom. The maximum atomic E-state index is 11.2. The van der Waals surface area contributed by atoms with Crippen molar-refractivity contribution < 1.29 is 36.0 Å². The average Bonchev–Trinajstić information content (AvgIpc) is 2.77. The van der Waals surface area contributed by atoms with Gasteiger partial charge in [0.25, 0.3) is 0 Å². The molecule has 3 aliphatic rings. The lowest BCUT2D eigenvalue weighted by Gasteiger charge is -2.50. The largest absolute Gasteiger partial charge is 0.522 e. The van der Waals surface area contributed by atoms with Crippen LogP contribution in [0.3, 0.4) is 0 Å². The first-order chi connectivity index (χ1) is 15.0.